The summed E-state index contributed by atoms with van der Waals surface area (Å²) in [6.45, 7) is 5.16. The second-order valence-electron chi connectivity index (χ2n) is 4.25. The first-order valence-electron chi connectivity index (χ1n) is 5.61. The van der Waals surface area contributed by atoms with E-state index in [4.69, 9.17) is 16.3 Å². The lowest BCUT2D eigenvalue weighted by Gasteiger charge is -2.36. The highest BCUT2D eigenvalue weighted by molar-refractivity contribution is 6.29. The zero-order valence-electron chi connectivity index (χ0n) is 9.93. The first-order chi connectivity index (χ1) is 8.08. The van der Waals surface area contributed by atoms with Crippen molar-refractivity contribution in [2.75, 3.05) is 24.6 Å². The van der Waals surface area contributed by atoms with Crippen molar-refractivity contribution in [3.05, 3.63) is 17.0 Å². The van der Waals surface area contributed by atoms with Crippen molar-refractivity contribution in [1.82, 2.24) is 9.97 Å². The first-order valence-corrected chi connectivity index (χ1v) is 5.98. The van der Waals surface area contributed by atoms with E-state index in [-0.39, 0.29) is 18.8 Å². The molecule has 0 aromatic carbocycles. The van der Waals surface area contributed by atoms with E-state index in [2.05, 4.69) is 14.9 Å². The topological polar surface area (TPSA) is 58.5 Å². The maximum Gasteiger partial charge on any atom is 0.134 e. The van der Waals surface area contributed by atoms with Crippen molar-refractivity contribution >= 4 is 17.4 Å². The van der Waals surface area contributed by atoms with Gasteiger partial charge in [0.25, 0.3) is 0 Å². The number of hydrogen-bond donors (Lipinski definition) is 1. The minimum Gasteiger partial charge on any atom is -0.394 e. The molecule has 6 heteroatoms. The van der Waals surface area contributed by atoms with E-state index >= 15 is 0 Å². The molecule has 0 saturated carbocycles. The van der Waals surface area contributed by atoms with Crippen LogP contribution in [0.5, 0.6) is 0 Å². The van der Waals surface area contributed by atoms with Gasteiger partial charge in [-0.25, -0.2) is 9.97 Å². The molecule has 1 fully saturated rings. The summed E-state index contributed by atoms with van der Waals surface area (Å²) in [4.78, 5) is 10.5. The van der Waals surface area contributed by atoms with Crippen molar-refractivity contribution in [3.8, 4) is 0 Å². The Kier molecular flexibility index (Phi) is 3.81. The molecule has 1 aromatic rings. The molecule has 17 heavy (non-hydrogen) atoms. The van der Waals surface area contributed by atoms with Crippen LogP contribution in [0.3, 0.4) is 0 Å². The molecule has 0 spiro atoms. The Morgan fingerprint density at radius 3 is 2.94 bits per heavy atom. The van der Waals surface area contributed by atoms with Crippen LogP contribution < -0.4 is 4.90 Å². The minimum absolute atomic E-state index is 0.0125. The highest BCUT2D eigenvalue weighted by Crippen LogP contribution is 2.20. The molecule has 0 radical (unpaired) electrons. The summed E-state index contributed by atoms with van der Waals surface area (Å²) >= 11 is 5.92. The molecule has 0 bridgehead atoms. The van der Waals surface area contributed by atoms with Crippen LogP contribution in [0.4, 0.5) is 5.82 Å². The van der Waals surface area contributed by atoms with E-state index in [0.717, 1.165) is 12.4 Å². The number of rotatable bonds is 2. The van der Waals surface area contributed by atoms with Crippen LogP contribution in [0.25, 0.3) is 0 Å². The van der Waals surface area contributed by atoms with Gasteiger partial charge in [-0.2, -0.15) is 0 Å². The Bertz CT molecular complexity index is 382. The molecule has 1 N–H and O–H groups in total. The summed E-state index contributed by atoms with van der Waals surface area (Å²) in [5.41, 5.74) is 0. The Morgan fingerprint density at radius 2 is 2.29 bits per heavy atom. The Labute approximate surface area is 105 Å². The standard InChI is InChI=1S/C11H16ClN3O2/c1-7-4-15(5-9(6-16)17-7)11-3-10(12)13-8(2)14-11/h3,7,9,16H,4-6H2,1-2H3. The summed E-state index contributed by atoms with van der Waals surface area (Å²) in [6, 6.07) is 1.74. The van der Waals surface area contributed by atoms with Gasteiger partial charge in [0.1, 0.15) is 16.8 Å². The van der Waals surface area contributed by atoms with Crippen LogP contribution in [-0.4, -0.2) is 47.0 Å². The smallest absolute Gasteiger partial charge is 0.134 e. The quantitative estimate of drug-likeness (QED) is 0.802. The number of aliphatic hydroxyl groups is 1. The van der Waals surface area contributed by atoms with Crippen molar-refractivity contribution < 1.29 is 9.84 Å². The van der Waals surface area contributed by atoms with Gasteiger partial charge in [-0.3, -0.25) is 0 Å². The molecule has 1 aliphatic rings. The molecular weight excluding hydrogens is 242 g/mol. The van der Waals surface area contributed by atoms with Crippen LogP contribution in [0, 0.1) is 6.92 Å². The molecular formula is C11H16ClN3O2. The average Bonchev–Trinajstić information content (AvgIpc) is 2.26. The zero-order chi connectivity index (χ0) is 12.4. The summed E-state index contributed by atoms with van der Waals surface area (Å²) in [5, 5.41) is 9.61. The molecule has 2 heterocycles. The minimum atomic E-state index is -0.173. The summed E-state index contributed by atoms with van der Waals surface area (Å²) < 4.78 is 5.58. The van der Waals surface area contributed by atoms with E-state index in [1.165, 1.54) is 0 Å². The maximum atomic E-state index is 9.17. The average molecular weight is 258 g/mol. The number of morpholine rings is 1. The fourth-order valence-electron chi connectivity index (χ4n) is 2.01. The Balaban J connectivity index is 2.20. The Morgan fingerprint density at radius 1 is 1.53 bits per heavy atom. The predicted molar refractivity (Wildman–Crippen MR) is 65.4 cm³/mol. The predicted octanol–water partition coefficient (Wildman–Crippen LogP) is 1.02. The lowest BCUT2D eigenvalue weighted by atomic mass is 10.2. The number of halogens is 1. The lowest BCUT2D eigenvalue weighted by Crippen LogP contribution is -2.48. The molecule has 5 nitrogen and oxygen atoms in total. The fourth-order valence-corrected chi connectivity index (χ4v) is 2.23. The van der Waals surface area contributed by atoms with Gasteiger partial charge in [0.05, 0.1) is 18.8 Å². The number of hydrogen-bond acceptors (Lipinski definition) is 5. The number of nitrogens with zero attached hydrogens (tertiary/aromatic N) is 3. The third-order valence-corrected chi connectivity index (χ3v) is 2.84. The van der Waals surface area contributed by atoms with Gasteiger partial charge in [0, 0.05) is 19.2 Å². The van der Waals surface area contributed by atoms with E-state index in [0.29, 0.717) is 17.5 Å². The largest absolute Gasteiger partial charge is 0.394 e. The molecule has 2 unspecified atom stereocenters. The van der Waals surface area contributed by atoms with Crippen molar-refractivity contribution in [3.63, 3.8) is 0 Å². The van der Waals surface area contributed by atoms with E-state index in [1.807, 2.05) is 13.8 Å². The first kappa shape index (κ1) is 12.5. The van der Waals surface area contributed by atoms with Gasteiger partial charge in [0.15, 0.2) is 0 Å². The third-order valence-electron chi connectivity index (χ3n) is 2.65. The van der Waals surface area contributed by atoms with Gasteiger partial charge in [-0.15, -0.1) is 0 Å². The van der Waals surface area contributed by atoms with Crippen LogP contribution in [-0.2, 0) is 4.74 Å². The van der Waals surface area contributed by atoms with Crippen LogP contribution >= 0.6 is 11.6 Å². The van der Waals surface area contributed by atoms with Gasteiger partial charge >= 0.3 is 0 Å². The summed E-state index contributed by atoms with van der Waals surface area (Å²) in [6.07, 6.45) is -0.109. The van der Waals surface area contributed by atoms with Crippen molar-refractivity contribution in [2.45, 2.75) is 26.1 Å². The summed E-state index contributed by atoms with van der Waals surface area (Å²) in [7, 11) is 0. The van der Waals surface area contributed by atoms with Crippen LogP contribution in [0.1, 0.15) is 12.7 Å². The van der Waals surface area contributed by atoms with E-state index in [9.17, 15) is 5.11 Å². The van der Waals surface area contributed by atoms with Gasteiger partial charge in [0.2, 0.25) is 0 Å². The molecule has 0 amide bonds. The highest BCUT2D eigenvalue weighted by Gasteiger charge is 2.25. The van der Waals surface area contributed by atoms with Gasteiger partial charge < -0.3 is 14.7 Å². The molecule has 1 aliphatic heterocycles. The van der Waals surface area contributed by atoms with E-state index in [1.54, 1.807) is 6.07 Å². The highest BCUT2D eigenvalue weighted by atomic mass is 35.5. The maximum absolute atomic E-state index is 9.17. The Hall–Kier alpha value is -0.910. The monoisotopic (exact) mass is 257 g/mol. The molecule has 2 rings (SSSR count). The number of aliphatic hydroxyl groups excluding tert-OH is 1. The molecule has 0 aliphatic carbocycles. The number of ether oxygens (including phenoxy) is 1. The molecule has 1 aromatic heterocycles. The van der Waals surface area contributed by atoms with Gasteiger partial charge in [-0.1, -0.05) is 11.6 Å². The normalized spacial score (nSPS) is 25.1. The molecule has 2 atom stereocenters. The van der Waals surface area contributed by atoms with Crippen LogP contribution in [0.15, 0.2) is 6.07 Å². The van der Waals surface area contributed by atoms with Crippen molar-refractivity contribution in [1.29, 1.82) is 0 Å². The SMILES string of the molecule is Cc1nc(Cl)cc(N2CC(C)OC(CO)C2)n1. The second kappa shape index (κ2) is 5.16. The van der Waals surface area contributed by atoms with Gasteiger partial charge in [-0.05, 0) is 13.8 Å². The van der Waals surface area contributed by atoms with Crippen LogP contribution in [0.2, 0.25) is 5.15 Å². The van der Waals surface area contributed by atoms with Crippen molar-refractivity contribution in [2.24, 2.45) is 0 Å². The summed E-state index contributed by atoms with van der Waals surface area (Å²) in [5.74, 6) is 1.43. The number of aromatic nitrogens is 2. The zero-order valence-corrected chi connectivity index (χ0v) is 10.7. The van der Waals surface area contributed by atoms with E-state index < -0.39 is 0 Å². The third kappa shape index (κ3) is 3.06. The molecule has 94 valence electrons. The number of anilines is 1. The lowest BCUT2D eigenvalue weighted by molar-refractivity contribution is -0.0423. The second-order valence-corrected chi connectivity index (χ2v) is 4.64. The molecule has 1 saturated heterocycles. The fraction of sp³-hybridized carbons (Fsp3) is 0.636. The number of aryl methyl sites for hydroxylation is 1.